The van der Waals surface area contributed by atoms with E-state index in [-0.39, 0.29) is 18.6 Å². The average Bonchev–Trinajstić information content (AvgIpc) is 2.70. The van der Waals surface area contributed by atoms with Gasteiger partial charge in [0.25, 0.3) is 5.91 Å². The van der Waals surface area contributed by atoms with Gasteiger partial charge in [0.05, 0.1) is 6.54 Å². The third kappa shape index (κ3) is 3.57. The van der Waals surface area contributed by atoms with Crippen molar-refractivity contribution >= 4 is 16.7 Å². The van der Waals surface area contributed by atoms with Crippen molar-refractivity contribution in [1.82, 2.24) is 5.32 Å². The first-order valence-electron chi connectivity index (χ1n) is 8.55. The molecule has 0 fully saturated rings. The second-order valence-corrected chi connectivity index (χ2v) is 6.07. The molecule has 5 nitrogen and oxygen atoms in total. The highest BCUT2D eigenvalue weighted by atomic mass is 16.6. The van der Waals surface area contributed by atoms with Crippen LogP contribution in [0, 0.1) is 0 Å². The molecule has 0 aromatic heterocycles. The van der Waals surface area contributed by atoms with Crippen molar-refractivity contribution in [2.45, 2.75) is 6.10 Å². The summed E-state index contributed by atoms with van der Waals surface area (Å²) in [4.78, 5) is 12.1. The van der Waals surface area contributed by atoms with Crippen LogP contribution in [0.15, 0.2) is 66.7 Å². The van der Waals surface area contributed by atoms with Gasteiger partial charge in [0.2, 0.25) is 0 Å². The van der Waals surface area contributed by atoms with Crippen LogP contribution in [-0.4, -0.2) is 31.8 Å². The molecule has 0 saturated heterocycles. The molecule has 0 spiro atoms. The van der Waals surface area contributed by atoms with Crippen LogP contribution in [-0.2, 0) is 4.79 Å². The summed E-state index contributed by atoms with van der Waals surface area (Å²) in [5.41, 5.74) is 0. The molecule has 26 heavy (non-hydrogen) atoms. The summed E-state index contributed by atoms with van der Waals surface area (Å²) in [6, 6.07) is 21.2. The predicted molar refractivity (Wildman–Crippen MR) is 98.8 cm³/mol. The Balaban J connectivity index is 1.30. The van der Waals surface area contributed by atoms with Crippen LogP contribution in [0.4, 0.5) is 0 Å². The minimum absolute atomic E-state index is 0.0435. The Morgan fingerprint density at radius 2 is 1.77 bits per heavy atom. The van der Waals surface area contributed by atoms with Crippen LogP contribution in [0.2, 0.25) is 0 Å². The predicted octanol–water partition coefficient (Wildman–Crippen LogP) is 3.17. The van der Waals surface area contributed by atoms with Crippen LogP contribution in [0.25, 0.3) is 10.8 Å². The number of para-hydroxylation sites is 2. The molecule has 1 N–H and O–H groups in total. The lowest BCUT2D eigenvalue weighted by atomic mass is 10.1. The topological polar surface area (TPSA) is 56.8 Å². The zero-order valence-electron chi connectivity index (χ0n) is 14.2. The Labute approximate surface area is 151 Å². The van der Waals surface area contributed by atoms with Crippen molar-refractivity contribution in [2.24, 2.45) is 0 Å². The van der Waals surface area contributed by atoms with Gasteiger partial charge in [-0.25, -0.2) is 0 Å². The fourth-order valence-corrected chi connectivity index (χ4v) is 2.91. The monoisotopic (exact) mass is 349 g/mol. The van der Waals surface area contributed by atoms with Gasteiger partial charge < -0.3 is 19.5 Å². The molecular weight excluding hydrogens is 330 g/mol. The second kappa shape index (κ2) is 7.35. The molecule has 1 aliphatic rings. The third-order valence-corrected chi connectivity index (χ3v) is 4.20. The van der Waals surface area contributed by atoms with Gasteiger partial charge in [-0.3, -0.25) is 4.79 Å². The zero-order chi connectivity index (χ0) is 17.8. The summed E-state index contributed by atoms with van der Waals surface area (Å²) in [6.45, 7) is 0.728. The number of rotatable bonds is 5. The Morgan fingerprint density at radius 3 is 2.69 bits per heavy atom. The van der Waals surface area contributed by atoms with E-state index in [1.807, 2.05) is 66.7 Å². The second-order valence-electron chi connectivity index (χ2n) is 6.07. The first-order chi connectivity index (χ1) is 12.8. The first kappa shape index (κ1) is 16.3. The molecule has 1 aliphatic heterocycles. The lowest BCUT2D eigenvalue weighted by Crippen LogP contribution is -2.42. The van der Waals surface area contributed by atoms with Crippen LogP contribution in [0.3, 0.4) is 0 Å². The number of benzene rings is 3. The quantitative estimate of drug-likeness (QED) is 0.769. The summed E-state index contributed by atoms with van der Waals surface area (Å²) in [5, 5.41) is 4.90. The molecule has 1 heterocycles. The highest BCUT2D eigenvalue weighted by Gasteiger charge is 2.21. The largest absolute Gasteiger partial charge is 0.486 e. The Morgan fingerprint density at radius 1 is 1.00 bits per heavy atom. The van der Waals surface area contributed by atoms with E-state index in [1.54, 1.807) is 0 Å². The maximum atomic E-state index is 12.1. The van der Waals surface area contributed by atoms with E-state index in [4.69, 9.17) is 14.2 Å². The van der Waals surface area contributed by atoms with Crippen molar-refractivity contribution in [3.63, 3.8) is 0 Å². The average molecular weight is 349 g/mol. The maximum Gasteiger partial charge on any atom is 0.258 e. The Kier molecular flexibility index (Phi) is 4.60. The maximum absolute atomic E-state index is 12.1. The zero-order valence-corrected chi connectivity index (χ0v) is 14.2. The lowest BCUT2D eigenvalue weighted by Gasteiger charge is -2.26. The fraction of sp³-hybridized carbons (Fsp3) is 0.190. The van der Waals surface area contributed by atoms with E-state index in [1.165, 1.54) is 0 Å². The summed E-state index contributed by atoms with van der Waals surface area (Å²) in [5.74, 6) is 1.93. The smallest absolute Gasteiger partial charge is 0.258 e. The molecule has 3 aromatic carbocycles. The van der Waals surface area contributed by atoms with E-state index in [2.05, 4.69) is 5.32 Å². The van der Waals surface area contributed by atoms with Crippen molar-refractivity contribution < 1.29 is 19.0 Å². The molecule has 1 atom stereocenters. The van der Waals surface area contributed by atoms with E-state index in [9.17, 15) is 4.79 Å². The normalized spacial score (nSPS) is 15.5. The highest BCUT2D eigenvalue weighted by Crippen LogP contribution is 2.30. The van der Waals surface area contributed by atoms with Crippen LogP contribution in [0.1, 0.15) is 0 Å². The summed E-state index contributed by atoms with van der Waals surface area (Å²) >= 11 is 0. The third-order valence-electron chi connectivity index (χ3n) is 4.20. The molecule has 3 aromatic rings. The molecular formula is C21H19NO4. The Hall–Kier alpha value is -3.21. The van der Waals surface area contributed by atoms with Crippen molar-refractivity contribution in [3.8, 4) is 17.2 Å². The summed E-state index contributed by atoms with van der Waals surface area (Å²) < 4.78 is 17.2. The van der Waals surface area contributed by atoms with Crippen LogP contribution >= 0.6 is 0 Å². The van der Waals surface area contributed by atoms with Crippen molar-refractivity contribution in [1.29, 1.82) is 0 Å². The molecule has 0 saturated carbocycles. The summed E-state index contributed by atoms with van der Waals surface area (Å²) in [6.07, 6.45) is -0.216. The fourth-order valence-electron chi connectivity index (χ4n) is 2.91. The number of ether oxygens (including phenoxy) is 3. The molecule has 4 rings (SSSR count). The molecule has 5 heteroatoms. The van der Waals surface area contributed by atoms with Gasteiger partial charge in [-0.15, -0.1) is 0 Å². The number of fused-ring (bicyclic) bond motifs is 2. The first-order valence-corrected chi connectivity index (χ1v) is 8.55. The van der Waals surface area contributed by atoms with Gasteiger partial charge in [-0.05, 0) is 23.6 Å². The minimum atomic E-state index is -0.216. The van der Waals surface area contributed by atoms with Gasteiger partial charge in [-0.2, -0.15) is 0 Å². The summed E-state index contributed by atoms with van der Waals surface area (Å²) in [7, 11) is 0. The molecule has 1 amide bonds. The SMILES string of the molecule is O=C(COc1cccc2ccccc12)NC[C@@H]1COc2ccccc2O1. The number of hydrogen-bond donors (Lipinski definition) is 1. The number of carbonyl (C=O) groups excluding carboxylic acids is 1. The molecule has 0 bridgehead atoms. The van der Waals surface area contributed by atoms with Gasteiger partial charge >= 0.3 is 0 Å². The van der Waals surface area contributed by atoms with Crippen molar-refractivity contribution in [2.75, 3.05) is 19.8 Å². The standard InChI is InChI=1S/C21H19NO4/c23-21(14-25-18-11-5-7-15-6-1-2-8-17(15)18)22-12-16-13-24-19-9-3-4-10-20(19)26-16/h1-11,16H,12-14H2,(H,22,23)/t16-/m1/s1. The lowest BCUT2D eigenvalue weighted by molar-refractivity contribution is -0.123. The van der Waals surface area contributed by atoms with Crippen molar-refractivity contribution in [3.05, 3.63) is 66.7 Å². The Bertz CT molecular complexity index is 919. The number of nitrogens with one attached hydrogen (secondary N) is 1. The van der Waals surface area contributed by atoms with Gasteiger partial charge in [-0.1, -0.05) is 48.5 Å². The number of hydrogen-bond acceptors (Lipinski definition) is 4. The van der Waals surface area contributed by atoms with E-state index in [0.717, 1.165) is 16.5 Å². The molecule has 132 valence electrons. The van der Waals surface area contributed by atoms with E-state index >= 15 is 0 Å². The van der Waals surface area contributed by atoms with Gasteiger partial charge in [0.15, 0.2) is 18.1 Å². The molecule has 0 radical (unpaired) electrons. The van der Waals surface area contributed by atoms with Crippen LogP contribution < -0.4 is 19.5 Å². The van der Waals surface area contributed by atoms with E-state index in [0.29, 0.717) is 24.7 Å². The molecule has 0 unspecified atom stereocenters. The van der Waals surface area contributed by atoms with E-state index < -0.39 is 0 Å². The number of carbonyl (C=O) groups is 1. The number of amides is 1. The highest BCUT2D eigenvalue weighted by molar-refractivity contribution is 5.88. The molecule has 0 aliphatic carbocycles. The minimum Gasteiger partial charge on any atom is -0.486 e. The van der Waals surface area contributed by atoms with Crippen LogP contribution in [0.5, 0.6) is 17.2 Å². The van der Waals surface area contributed by atoms with Gasteiger partial charge in [0, 0.05) is 5.39 Å². The van der Waals surface area contributed by atoms with Gasteiger partial charge in [0.1, 0.15) is 18.5 Å².